The van der Waals surface area contributed by atoms with E-state index in [0.29, 0.717) is 16.7 Å². The highest BCUT2D eigenvalue weighted by Crippen LogP contribution is 2.22. The third-order valence-corrected chi connectivity index (χ3v) is 2.60. The van der Waals surface area contributed by atoms with Gasteiger partial charge in [-0.2, -0.15) is 15.0 Å². The Bertz CT molecular complexity index is 731. The molecule has 20 heavy (non-hydrogen) atoms. The number of hydrogen-bond donors (Lipinski definition) is 1. The summed E-state index contributed by atoms with van der Waals surface area (Å²) in [5.41, 5.74) is 5.65. The minimum Gasteiger partial charge on any atom is -0.424 e. The summed E-state index contributed by atoms with van der Waals surface area (Å²) in [5, 5.41) is 0.555. The molecule has 100 valence electrons. The van der Waals surface area contributed by atoms with Crippen molar-refractivity contribution in [3.05, 3.63) is 48.0 Å². The van der Waals surface area contributed by atoms with Crippen molar-refractivity contribution in [3.8, 4) is 17.7 Å². The van der Waals surface area contributed by atoms with E-state index in [-0.39, 0.29) is 12.0 Å². The second kappa shape index (κ2) is 5.14. The van der Waals surface area contributed by atoms with Crippen molar-refractivity contribution >= 4 is 17.5 Å². The summed E-state index contributed by atoms with van der Waals surface area (Å²) < 4.78 is 7.12. The quantitative estimate of drug-likeness (QED) is 0.793. The van der Waals surface area contributed by atoms with Crippen LogP contribution in [0.15, 0.2) is 43.0 Å². The Kier molecular flexibility index (Phi) is 3.18. The van der Waals surface area contributed by atoms with E-state index in [0.717, 1.165) is 0 Å². The first kappa shape index (κ1) is 12.4. The van der Waals surface area contributed by atoms with Gasteiger partial charge < -0.3 is 10.5 Å². The molecule has 0 saturated carbocycles. The minimum absolute atomic E-state index is 0.0562. The first-order valence-electron chi connectivity index (χ1n) is 5.64. The number of nitrogen functional groups attached to an aromatic ring is 1. The van der Waals surface area contributed by atoms with E-state index in [1.165, 1.54) is 0 Å². The van der Waals surface area contributed by atoms with Crippen LogP contribution < -0.4 is 10.5 Å². The number of rotatable bonds is 3. The summed E-state index contributed by atoms with van der Waals surface area (Å²) in [4.78, 5) is 16.0. The highest BCUT2D eigenvalue weighted by molar-refractivity contribution is 6.30. The second-order valence-corrected chi connectivity index (χ2v) is 4.24. The summed E-state index contributed by atoms with van der Waals surface area (Å²) in [6, 6.07) is 6.98. The summed E-state index contributed by atoms with van der Waals surface area (Å²) in [6.45, 7) is 0. The number of nitrogens with two attached hydrogens (primary N) is 1. The molecule has 2 aromatic heterocycles. The molecule has 7 nitrogen and oxygen atoms in total. The predicted octanol–water partition coefficient (Wildman–Crippen LogP) is 2.09. The average molecular weight is 289 g/mol. The van der Waals surface area contributed by atoms with E-state index in [9.17, 15) is 0 Å². The molecule has 0 atom stereocenters. The third kappa shape index (κ3) is 2.67. The van der Waals surface area contributed by atoms with Gasteiger partial charge in [-0.15, -0.1) is 0 Å². The van der Waals surface area contributed by atoms with Crippen LogP contribution in [0.4, 0.5) is 5.95 Å². The van der Waals surface area contributed by atoms with Gasteiger partial charge in [0.2, 0.25) is 11.9 Å². The Balaban J connectivity index is 1.94. The summed E-state index contributed by atoms with van der Waals surface area (Å²) >= 11 is 5.88. The molecule has 0 spiro atoms. The molecule has 0 amide bonds. The number of nitrogens with zero attached hydrogens (tertiary/aromatic N) is 5. The van der Waals surface area contributed by atoms with Crippen molar-refractivity contribution < 1.29 is 4.74 Å². The van der Waals surface area contributed by atoms with Crippen LogP contribution in [0.25, 0.3) is 5.95 Å². The van der Waals surface area contributed by atoms with Gasteiger partial charge in [-0.05, 0) is 18.2 Å². The maximum atomic E-state index is 5.88. The largest absolute Gasteiger partial charge is 0.424 e. The summed E-state index contributed by atoms with van der Waals surface area (Å²) in [6.07, 6.45) is 4.85. The van der Waals surface area contributed by atoms with Crippen LogP contribution in [0.1, 0.15) is 0 Å². The van der Waals surface area contributed by atoms with E-state index in [1.807, 2.05) is 0 Å². The van der Waals surface area contributed by atoms with Crippen LogP contribution in [0.3, 0.4) is 0 Å². The number of halogens is 1. The van der Waals surface area contributed by atoms with Crippen molar-refractivity contribution in [2.75, 3.05) is 5.73 Å². The fourth-order valence-electron chi connectivity index (χ4n) is 1.54. The van der Waals surface area contributed by atoms with E-state index < -0.39 is 0 Å². The zero-order chi connectivity index (χ0) is 13.9. The van der Waals surface area contributed by atoms with Crippen molar-refractivity contribution in [3.63, 3.8) is 0 Å². The molecular weight excluding hydrogens is 280 g/mol. The molecule has 0 aliphatic heterocycles. The Morgan fingerprint density at radius 1 is 1.20 bits per heavy atom. The minimum atomic E-state index is 0.0562. The first-order chi connectivity index (χ1) is 9.70. The molecule has 3 rings (SSSR count). The highest BCUT2D eigenvalue weighted by atomic mass is 35.5. The lowest BCUT2D eigenvalue weighted by Gasteiger charge is -2.06. The summed E-state index contributed by atoms with van der Waals surface area (Å²) in [7, 11) is 0. The van der Waals surface area contributed by atoms with Crippen molar-refractivity contribution in [1.29, 1.82) is 0 Å². The second-order valence-electron chi connectivity index (χ2n) is 3.81. The lowest BCUT2D eigenvalue weighted by molar-refractivity contribution is 0.439. The molecule has 3 aromatic rings. The molecular formula is C12H9ClN6O. The monoisotopic (exact) mass is 288 g/mol. The maximum Gasteiger partial charge on any atom is 0.328 e. The van der Waals surface area contributed by atoms with Gasteiger partial charge in [0.25, 0.3) is 0 Å². The lowest BCUT2D eigenvalue weighted by Crippen LogP contribution is -2.06. The van der Waals surface area contributed by atoms with Gasteiger partial charge in [0.15, 0.2) is 0 Å². The Labute approximate surface area is 119 Å². The average Bonchev–Trinajstić information content (AvgIpc) is 2.91. The van der Waals surface area contributed by atoms with Gasteiger partial charge in [-0.1, -0.05) is 17.7 Å². The predicted molar refractivity (Wildman–Crippen MR) is 72.9 cm³/mol. The van der Waals surface area contributed by atoms with E-state index >= 15 is 0 Å². The van der Waals surface area contributed by atoms with Crippen molar-refractivity contribution in [2.45, 2.75) is 0 Å². The fraction of sp³-hybridized carbons (Fsp3) is 0. The lowest BCUT2D eigenvalue weighted by atomic mass is 10.3. The number of anilines is 1. The Hall–Kier alpha value is -2.67. The van der Waals surface area contributed by atoms with E-state index in [2.05, 4.69) is 19.9 Å². The Morgan fingerprint density at radius 3 is 2.85 bits per heavy atom. The van der Waals surface area contributed by atoms with Gasteiger partial charge in [0, 0.05) is 17.4 Å². The molecule has 0 unspecified atom stereocenters. The van der Waals surface area contributed by atoms with Crippen LogP contribution >= 0.6 is 11.6 Å². The van der Waals surface area contributed by atoms with Crippen LogP contribution in [-0.2, 0) is 0 Å². The number of ether oxygens (including phenoxy) is 1. The van der Waals surface area contributed by atoms with E-state index in [1.54, 1.807) is 47.6 Å². The number of benzene rings is 1. The SMILES string of the molecule is Nc1nc(Oc2cccc(Cl)c2)nc(-n2ccnc2)n1. The maximum absolute atomic E-state index is 5.88. The first-order valence-corrected chi connectivity index (χ1v) is 6.02. The van der Waals surface area contributed by atoms with Gasteiger partial charge >= 0.3 is 6.01 Å². The smallest absolute Gasteiger partial charge is 0.328 e. The van der Waals surface area contributed by atoms with Crippen LogP contribution in [0.5, 0.6) is 11.8 Å². The molecule has 0 saturated heterocycles. The van der Waals surface area contributed by atoms with Crippen LogP contribution in [-0.4, -0.2) is 24.5 Å². The Morgan fingerprint density at radius 2 is 2.10 bits per heavy atom. The number of imidazole rings is 1. The molecule has 0 aliphatic carbocycles. The zero-order valence-electron chi connectivity index (χ0n) is 10.1. The topological polar surface area (TPSA) is 91.7 Å². The van der Waals surface area contributed by atoms with Crippen molar-refractivity contribution in [1.82, 2.24) is 24.5 Å². The van der Waals surface area contributed by atoms with Gasteiger partial charge in [-0.3, -0.25) is 4.57 Å². The molecule has 0 radical (unpaired) electrons. The zero-order valence-corrected chi connectivity index (χ0v) is 10.9. The molecule has 1 aromatic carbocycles. The van der Waals surface area contributed by atoms with Gasteiger partial charge in [-0.25, -0.2) is 4.98 Å². The van der Waals surface area contributed by atoms with Crippen molar-refractivity contribution in [2.24, 2.45) is 0 Å². The third-order valence-electron chi connectivity index (χ3n) is 2.36. The summed E-state index contributed by atoms with van der Waals surface area (Å²) in [5.74, 6) is 0.896. The molecule has 0 aliphatic rings. The van der Waals surface area contributed by atoms with E-state index in [4.69, 9.17) is 22.1 Å². The molecule has 2 N–H and O–H groups in total. The normalized spacial score (nSPS) is 10.4. The van der Waals surface area contributed by atoms with Crippen LogP contribution in [0, 0.1) is 0 Å². The van der Waals surface area contributed by atoms with Gasteiger partial charge in [0.1, 0.15) is 12.1 Å². The standard InChI is InChI=1S/C12H9ClN6O/c13-8-2-1-3-9(6-8)20-12-17-10(14)16-11(18-12)19-5-4-15-7-19/h1-7H,(H2,14,16,17,18). The molecule has 8 heteroatoms. The highest BCUT2D eigenvalue weighted by Gasteiger charge is 2.08. The molecule has 2 heterocycles. The molecule has 0 fully saturated rings. The fourth-order valence-corrected chi connectivity index (χ4v) is 1.72. The van der Waals surface area contributed by atoms with Crippen LogP contribution in [0.2, 0.25) is 5.02 Å². The van der Waals surface area contributed by atoms with Gasteiger partial charge in [0.05, 0.1) is 0 Å². The molecule has 0 bridgehead atoms. The number of aromatic nitrogens is 5. The number of hydrogen-bond acceptors (Lipinski definition) is 6.